The molecule has 0 saturated heterocycles. The minimum atomic E-state index is -0.284. The smallest absolute Gasteiger partial charge is 0.247 e. The third-order valence-corrected chi connectivity index (χ3v) is 5.25. The van der Waals surface area contributed by atoms with Gasteiger partial charge in [0.1, 0.15) is 11.8 Å². The van der Waals surface area contributed by atoms with Crippen molar-refractivity contribution in [1.82, 2.24) is 14.5 Å². The van der Waals surface area contributed by atoms with E-state index in [1.165, 1.54) is 12.8 Å². The van der Waals surface area contributed by atoms with Crippen LogP contribution in [0.25, 0.3) is 0 Å². The quantitative estimate of drug-likeness (QED) is 0.851. The summed E-state index contributed by atoms with van der Waals surface area (Å²) in [6.07, 6.45) is 5.42. The average molecular weight is 368 g/mol. The normalized spacial score (nSPS) is 19.8. The van der Waals surface area contributed by atoms with Gasteiger partial charge in [0.05, 0.1) is 23.8 Å². The number of carbonyl (C=O) groups is 1. The van der Waals surface area contributed by atoms with Crippen molar-refractivity contribution in [2.24, 2.45) is 13.0 Å². The molecule has 1 N–H and O–H groups in total. The van der Waals surface area contributed by atoms with Crippen molar-refractivity contribution in [3.63, 3.8) is 0 Å². The zero-order valence-electron chi connectivity index (χ0n) is 16.3. The van der Waals surface area contributed by atoms with Gasteiger partial charge in [-0.15, -0.1) is 0 Å². The van der Waals surface area contributed by atoms with Gasteiger partial charge in [0.15, 0.2) is 0 Å². The molecule has 1 atom stereocenters. The van der Waals surface area contributed by atoms with Crippen LogP contribution in [0.5, 0.6) is 5.75 Å². The SMILES string of the molecule is CC(C)Oc1ccc(NC(=O)C2c3c(ncn3C)CCN2CC2CC2)cc1. The van der Waals surface area contributed by atoms with Gasteiger partial charge in [-0.25, -0.2) is 4.98 Å². The number of nitrogens with one attached hydrogen (secondary N) is 1. The molecule has 4 rings (SSSR count). The number of fused-ring (bicyclic) bond motifs is 1. The number of hydrogen-bond donors (Lipinski definition) is 1. The van der Waals surface area contributed by atoms with Gasteiger partial charge in [-0.3, -0.25) is 9.69 Å². The maximum absolute atomic E-state index is 13.2. The van der Waals surface area contributed by atoms with Crippen LogP contribution in [0.3, 0.4) is 0 Å². The van der Waals surface area contributed by atoms with Crippen molar-refractivity contribution in [2.75, 3.05) is 18.4 Å². The first-order valence-corrected chi connectivity index (χ1v) is 9.83. The average Bonchev–Trinajstić information content (AvgIpc) is 3.37. The summed E-state index contributed by atoms with van der Waals surface area (Å²) >= 11 is 0. The molecule has 1 aromatic carbocycles. The van der Waals surface area contributed by atoms with E-state index >= 15 is 0 Å². The van der Waals surface area contributed by atoms with Crippen molar-refractivity contribution in [3.8, 4) is 5.75 Å². The highest BCUT2D eigenvalue weighted by molar-refractivity contribution is 5.95. The van der Waals surface area contributed by atoms with Gasteiger partial charge in [0, 0.05) is 32.2 Å². The van der Waals surface area contributed by atoms with E-state index in [0.29, 0.717) is 0 Å². The molecule has 0 spiro atoms. The van der Waals surface area contributed by atoms with Crippen LogP contribution in [0, 0.1) is 5.92 Å². The number of imidazole rings is 1. The molecule has 1 aliphatic carbocycles. The Kier molecular flexibility index (Phi) is 4.91. The van der Waals surface area contributed by atoms with Crippen LogP contribution in [0.2, 0.25) is 0 Å². The third kappa shape index (κ3) is 4.00. The van der Waals surface area contributed by atoms with Crippen molar-refractivity contribution < 1.29 is 9.53 Å². The molecule has 1 fully saturated rings. The Bertz CT molecular complexity index is 808. The van der Waals surface area contributed by atoms with Crippen molar-refractivity contribution in [1.29, 1.82) is 0 Å². The monoisotopic (exact) mass is 368 g/mol. The van der Waals surface area contributed by atoms with Crippen LogP contribution in [0.4, 0.5) is 5.69 Å². The predicted molar refractivity (Wildman–Crippen MR) is 105 cm³/mol. The molecule has 1 amide bonds. The van der Waals surface area contributed by atoms with E-state index in [0.717, 1.165) is 48.3 Å². The number of amides is 1. The molecule has 2 heterocycles. The lowest BCUT2D eigenvalue weighted by Crippen LogP contribution is -2.43. The second kappa shape index (κ2) is 7.35. The van der Waals surface area contributed by atoms with E-state index in [4.69, 9.17) is 4.74 Å². The van der Waals surface area contributed by atoms with Gasteiger partial charge in [0.25, 0.3) is 0 Å². The first-order chi connectivity index (χ1) is 13.0. The Morgan fingerprint density at radius 1 is 1.30 bits per heavy atom. The van der Waals surface area contributed by atoms with Crippen LogP contribution in [0.15, 0.2) is 30.6 Å². The number of aryl methyl sites for hydroxylation is 1. The predicted octanol–water partition coefficient (Wildman–Crippen LogP) is 3.16. The van der Waals surface area contributed by atoms with Crippen LogP contribution in [-0.4, -0.2) is 39.6 Å². The van der Waals surface area contributed by atoms with Gasteiger partial charge in [0.2, 0.25) is 5.91 Å². The molecule has 2 aromatic rings. The lowest BCUT2D eigenvalue weighted by atomic mass is 10.0. The molecule has 27 heavy (non-hydrogen) atoms. The largest absolute Gasteiger partial charge is 0.491 e. The number of benzene rings is 1. The minimum absolute atomic E-state index is 0.0118. The first-order valence-electron chi connectivity index (χ1n) is 9.83. The van der Waals surface area contributed by atoms with Crippen molar-refractivity contribution in [3.05, 3.63) is 42.0 Å². The van der Waals surface area contributed by atoms with E-state index < -0.39 is 0 Å². The number of anilines is 1. The van der Waals surface area contributed by atoms with E-state index in [2.05, 4.69) is 15.2 Å². The molecule has 1 saturated carbocycles. The van der Waals surface area contributed by atoms with E-state index in [1.54, 1.807) is 0 Å². The van der Waals surface area contributed by atoms with Crippen LogP contribution in [-0.2, 0) is 18.3 Å². The summed E-state index contributed by atoms with van der Waals surface area (Å²) in [4.78, 5) is 20.1. The van der Waals surface area contributed by atoms with Crippen LogP contribution >= 0.6 is 0 Å². The molecule has 6 heteroatoms. The Hall–Kier alpha value is -2.34. The maximum atomic E-state index is 13.2. The maximum Gasteiger partial charge on any atom is 0.247 e. The third-order valence-electron chi connectivity index (χ3n) is 5.25. The zero-order chi connectivity index (χ0) is 19.0. The van der Waals surface area contributed by atoms with E-state index in [9.17, 15) is 4.79 Å². The summed E-state index contributed by atoms with van der Waals surface area (Å²) in [7, 11) is 1.98. The van der Waals surface area contributed by atoms with Gasteiger partial charge in [-0.05, 0) is 56.9 Å². The van der Waals surface area contributed by atoms with Crippen molar-refractivity contribution >= 4 is 11.6 Å². The summed E-state index contributed by atoms with van der Waals surface area (Å²) in [5.74, 6) is 1.56. The Morgan fingerprint density at radius 3 is 2.70 bits per heavy atom. The summed E-state index contributed by atoms with van der Waals surface area (Å²) in [6.45, 7) is 5.88. The highest BCUT2D eigenvalue weighted by atomic mass is 16.5. The fraction of sp³-hybridized carbons (Fsp3) is 0.524. The Balaban J connectivity index is 1.53. The summed E-state index contributed by atoms with van der Waals surface area (Å²) in [5, 5.41) is 3.10. The number of carbonyl (C=O) groups excluding carboxylic acids is 1. The Morgan fingerprint density at radius 2 is 2.04 bits per heavy atom. The van der Waals surface area contributed by atoms with E-state index in [-0.39, 0.29) is 18.1 Å². The van der Waals surface area contributed by atoms with Crippen LogP contribution < -0.4 is 10.1 Å². The lowest BCUT2D eigenvalue weighted by Gasteiger charge is -2.35. The molecule has 2 aliphatic rings. The molecule has 0 bridgehead atoms. The molecule has 1 unspecified atom stereocenters. The molecule has 6 nitrogen and oxygen atoms in total. The Labute approximate surface area is 160 Å². The highest BCUT2D eigenvalue weighted by Gasteiger charge is 2.38. The van der Waals surface area contributed by atoms with Gasteiger partial charge < -0.3 is 14.6 Å². The topological polar surface area (TPSA) is 59.4 Å². The number of nitrogens with zero attached hydrogens (tertiary/aromatic N) is 3. The molecular weight excluding hydrogens is 340 g/mol. The van der Waals surface area contributed by atoms with Gasteiger partial charge in [-0.1, -0.05) is 0 Å². The molecule has 144 valence electrons. The lowest BCUT2D eigenvalue weighted by molar-refractivity contribution is -0.122. The second-order valence-corrected chi connectivity index (χ2v) is 7.96. The van der Waals surface area contributed by atoms with Crippen LogP contribution in [0.1, 0.15) is 44.1 Å². The number of aromatic nitrogens is 2. The van der Waals surface area contributed by atoms with Gasteiger partial charge in [-0.2, -0.15) is 0 Å². The molecular formula is C21H28N4O2. The number of ether oxygens (including phenoxy) is 1. The van der Waals surface area contributed by atoms with Crippen molar-refractivity contribution in [2.45, 2.75) is 45.3 Å². The molecule has 0 radical (unpaired) electrons. The molecule has 1 aliphatic heterocycles. The second-order valence-electron chi connectivity index (χ2n) is 7.96. The fourth-order valence-corrected chi connectivity index (χ4v) is 3.80. The van der Waals surface area contributed by atoms with E-state index in [1.807, 2.05) is 56.1 Å². The fourth-order valence-electron chi connectivity index (χ4n) is 3.80. The number of rotatable bonds is 6. The highest BCUT2D eigenvalue weighted by Crippen LogP contribution is 2.36. The number of hydrogen-bond acceptors (Lipinski definition) is 4. The molecule has 1 aromatic heterocycles. The first kappa shape index (κ1) is 18.0. The minimum Gasteiger partial charge on any atom is -0.491 e. The summed E-state index contributed by atoms with van der Waals surface area (Å²) in [6, 6.07) is 7.30. The summed E-state index contributed by atoms with van der Waals surface area (Å²) in [5.41, 5.74) is 2.86. The summed E-state index contributed by atoms with van der Waals surface area (Å²) < 4.78 is 7.68. The standard InChI is InChI=1S/C21H28N4O2/c1-14(2)27-17-8-6-16(7-9-17)23-21(26)20-19-18(22-13-24(19)3)10-11-25(20)12-15-4-5-15/h6-9,13-15,20H,4-5,10-12H2,1-3H3,(H,23,26). The van der Waals surface area contributed by atoms with Gasteiger partial charge >= 0.3 is 0 Å². The zero-order valence-corrected chi connectivity index (χ0v) is 16.3.